The summed E-state index contributed by atoms with van der Waals surface area (Å²) in [6, 6.07) is 7.85. The van der Waals surface area contributed by atoms with Gasteiger partial charge in [-0.3, -0.25) is 4.98 Å². The van der Waals surface area contributed by atoms with Gasteiger partial charge in [-0.05, 0) is 60.9 Å². The summed E-state index contributed by atoms with van der Waals surface area (Å²) >= 11 is 13.0. The minimum atomic E-state index is -4.69. The molecule has 1 aromatic carbocycles. The lowest BCUT2D eigenvalue weighted by Crippen LogP contribution is -2.09. The smallest absolute Gasteiger partial charge is 0.417 e. The van der Waals surface area contributed by atoms with Gasteiger partial charge in [0.1, 0.15) is 29.0 Å². The fraction of sp³-hybridized carbons (Fsp3) is 0.240. The van der Waals surface area contributed by atoms with Crippen molar-refractivity contribution in [3.8, 4) is 5.75 Å². The van der Waals surface area contributed by atoms with Gasteiger partial charge in [0.25, 0.3) is 0 Å². The summed E-state index contributed by atoms with van der Waals surface area (Å²) in [6.45, 7) is 3.28. The van der Waals surface area contributed by atoms with E-state index in [1.165, 1.54) is 24.4 Å². The molecular weight excluding hydrogens is 524 g/mol. The molecule has 0 aliphatic rings. The normalized spacial score (nSPS) is 13.0. The topological polar surface area (TPSA) is 47.4 Å². The summed E-state index contributed by atoms with van der Waals surface area (Å²) in [5.41, 5.74) is 0.937. The third kappa shape index (κ3) is 7.01. The maximum atomic E-state index is 14.0. The molecule has 0 spiro atoms. The molecule has 0 aliphatic heterocycles. The lowest BCUT2D eigenvalue weighted by molar-refractivity contribution is -0.138. The molecule has 0 fully saturated rings. The van der Waals surface area contributed by atoms with E-state index in [9.17, 15) is 22.0 Å². The third-order valence-corrected chi connectivity index (χ3v) is 5.67. The van der Waals surface area contributed by atoms with Crippen molar-refractivity contribution < 1.29 is 26.7 Å². The van der Waals surface area contributed by atoms with Crippen LogP contribution in [0.4, 0.5) is 22.0 Å². The summed E-state index contributed by atoms with van der Waals surface area (Å²) in [6.07, 6.45) is -1.50. The number of alkyl halides is 3. The Morgan fingerprint density at radius 2 is 1.81 bits per heavy atom. The van der Waals surface area contributed by atoms with Crippen LogP contribution in [-0.2, 0) is 12.8 Å². The molecule has 0 N–H and O–H groups in total. The minimum Gasteiger partial charge on any atom is -0.487 e. The Morgan fingerprint density at radius 1 is 1.06 bits per heavy atom. The van der Waals surface area contributed by atoms with Gasteiger partial charge >= 0.3 is 6.18 Å². The van der Waals surface area contributed by atoms with Crippen LogP contribution in [0.2, 0.25) is 5.02 Å². The zero-order chi connectivity index (χ0) is 26.5. The van der Waals surface area contributed by atoms with Crippen LogP contribution >= 0.6 is 23.2 Å². The Hall–Kier alpha value is -3.04. The van der Waals surface area contributed by atoms with E-state index >= 15 is 0 Å². The monoisotopic (exact) mass is 543 g/mol. The van der Waals surface area contributed by atoms with Gasteiger partial charge in [0.15, 0.2) is 0 Å². The van der Waals surface area contributed by atoms with Crippen molar-refractivity contribution in [3.63, 3.8) is 0 Å². The zero-order valence-electron chi connectivity index (χ0n) is 19.1. The first kappa shape index (κ1) is 27.5. The van der Waals surface area contributed by atoms with Gasteiger partial charge in [0.05, 0.1) is 10.6 Å². The predicted octanol–water partition coefficient (Wildman–Crippen LogP) is 8.22. The molecule has 2 heterocycles. The summed E-state index contributed by atoms with van der Waals surface area (Å²) in [5.74, 6) is -1.48. The second-order valence-corrected chi connectivity index (χ2v) is 8.43. The number of pyridine rings is 2. The number of halogens is 7. The number of benzene rings is 1. The maximum absolute atomic E-state index is 14.0. The number of nitrogens with zero attached hydrogens (tertiary/aromatic N) is 3. The largest absolute Gasteiger partial charge is 0.487 e. The third-order valence-electron chi connectivity index (χ3n) is 5.05. The van der Waals surface area contributed by atoms with E-state index in [1.807, 2.05) is 6.92 Å². The molecule has 4 nitrogen and oxygen atoms in total. The molecule has 11 heteroatoms. The summed E-state index contributed by atoms with van der Waals surface area (Å²) < 4.78 is 70.7. The first-order valence-electron chi connectivity index (χ1n) is 10.7. The average Bonchev–Trinajstić information content (AvgIpc) is 2.82. The number of rotatable bonds is 8. The van der Waals surface area contributed by atoms with E-state index in [-0.39, 0.29) is 21.6 Å². The van der Waals surface area contributed by atoms with Crippen molar-refractivity contribution in [1.29, 1.82) is 0 Å². The van der Waals surface area contributed by atoms with Crippen molar-refractivity contribution in [1.82, 2.24) is 9.97 Å². The SMILES string of the molecule is CCC/C(=C(Cl)\N=C(/C)c1ccc(F)nc1)c1ccc(OCc2ncc(C(F)(F)F)cc2F)cc1Cl. The summed E-state index contributed by atoms with van der Waals surface area (Å²) in [7, 11) is 0. The number of hydrogen-bond donors (Lipinski definition) is 0. The predicted molar refractivity (Wildman–Crippen MR) is 129 cm³/mol. The van der Waals surface area contributed by atoms with E-state index in [0.717, 1.165) is 6.42 Å². The number of hydrogen-bond acceptors (Lipinski definition) is 4. The quantitative estimate of drug-likeness (QED) is 0.124. The number of aliphatic imine (C=N–C) groups is 1. The molecule has 0 bridgehead atoms. The minimum absolute atomic E-state index is 0.199. The Morgan fingerprint density at radius 3 is 2.39 bits per heavy atom. The molecular formula is C25H20Cl2F5N3O. The van der Waals surface area contributed by atoms with Crippen LogP contribution < -0.4 is 4.74 Å². The average molecular weight is 544 g/mol. The fourth-order valence-corrected chi connectivity index (χ4v) is 3.79. The van der Waals surface area contributed by atoms with E-state index in [0.29, 0.717) is 41.1 Å². The van der Waals surface area contributed by atoms with Crippen LogP contribution in [-0.4, -0.2) is 15.7 Å². The lowest BCUT2D eigenvalue weighted by Gasteiger charge is -2.13. The Kier molecular flexibility index (Phi) is 9.03. The van der Waals surface area contributed by atoms with Gasteiger partial charge in [-0.25, -0.2) is 14.4 Å². The molecule has 0 aliphatic carbocycles. The first-order valence-corrected chi connectivity index (χ1v) is 11.5. The summed E-state index contributed by atoms with van der Waals surface area (Å²) in [4.78, 5) is 11.6. The van der Waals surface area contributed by atoms with Crippen LogP contribution in [0.3, 0.4) is 0 Å². The Bertz CT molecular complexity index is 1290. The van der Waals surface area contributed by atoms with Crippen LogP contribution in [0.1, 0.15) is 49.1 Å². The molecule has 0 amide bonds. The zero-order valence-corrected chi connectivity index (χ0v) is 20.6. The molecule has 2 aromatic heterocycles. The highest BCUT2D eigenvalue weighted by Crippen LogP contribution is 2.35. The van der Waals surface area contributed by atoms with E-state index in [1.54, 1.807) is 19.1 Å². The van der Waals surface area contributed by atoms with E-state index in [2.05, 4.69) is 15.0 Å². The van der Waals surface area contributed by atoms with Gasteiger partial charge in [0, 0.05) is 23.7 Å². The van der Waals surface area contributed by atoms with Crippen molar-refractivity contribution in [2.75, 3.05) is 0 Å². The highest BCUT2D eigenvalue weighted by molar-refractivity contribution is 6.35. The highest BCUT2D eigenvalue weighted by Gasteiger charge is 2.32. The van der Waals surface area contributed by atoms with Crippen molar-refractivity contribution in [2.45, 2.75) is 39.5 Å². The number of ether oxygens (including phenoxy) is 1. The molecule has 0 unspecified atom stereocenters. The molecule has 190 valence electrons. The lowest BCUT2D eigenvalue weighted by atomic mass is 10.0. The van der Waals surface area contributed by atoms with Crippen LogP contribution in [0, 0.1) is 11.8 Å². The molecule has 0 radical (unpaired) electrons. The molecule has 36 heavy (non-hydrogen) atoms. The Labute approximate surface area is 214 Å². The standard InChI is InChI=1S/C25H20Cl2F5N3O/c1-3-4-19(24(27)35-14(2)15-5-8-23(29)34-11-15)18-7-6-17(10-20(18)26)36-13-22-21(28)9-16(12-33-22)25(30,31)32/h5-12H,3-4,13H2,1-2H3/b24-19+,35-14+. The molecule has 0 atom stereocenters. The van der Waals surface area contributed by atoms with Crippen LogP contribution in [0.25, 0.3) is 5.57 Å². The van der Waals surface area contributed by atoms with E-state index < -0.39 is 30.1 Å². The number of aromatic nitrogens is 2. The fourth-order valence-electron chi connectivity index (χ4n) is 3.18. The Balaban J connectivity index is 1.82. The van der Waals surface area contributed by atoms with Gasteiger partial charge < -0.3 is 4.74 Å². The van der Waals surface area contributed by atoms with Crippen LogP contribution in [0.15, 0.2) is 58.9 Å². The molecule has 0 saturated heterocycles. The second kappa shape index (κ2) is 11.8. The van der Waals surface area contributed by atoms with Gasteiger partial charge in [-0.1, -0.05) is 36.5 Å². The van der Waals surface area contributed by atoms with Crippen molar-refractivity contribution in [2.24, 2.45) is 4.99 Å². The second-order valence-electron chi connectivity index (χ2n) is 7.67. The maximum Gasteiger partial charge on any atom is 0.417 e. The molecule has 3 aromatic rings. The number of allylic oxidation sites excluding steroid dienone is 1. The molecule has 0 saturated carbocycles. The van der Waals surface area contributed by atoms with Crippen molar-refractivity contribution in [3.05, 3.63) is 93.1 Å². The highest BCUT2D eigenvalue weighted by atomic mass is 35.5. The van der Waals surface area contributed by atoms with Gasteiger partial charge in [0.2, 0.25) is 5.95 Å². The van der Waals surface area contributed by atoms with Gasteiger partial charge in [-0.2, -0.15) is 17.6 Å². The first-order chi connectivity index (χ1) is 17.0. The van der Waals surface area contributed by atoms with Gasteiger partial charge in [-0.15, -0.1) is 0 Å². The van der Waals surface area contributed by atoms with Crippen LogP contribution in [0.5, 0.6) is 5.75 Å². The molecule has 3 rings (SSSR count). The van der Waals surface area contributed by atoms with E-state index in [4.69, 9.17) is 27.9 Å². The summed E-state index contributed by atoms with van der Waals surface area (Å²) in [5, 5.41) is 0.483. The van der Waals surface area contributed by atoms with Crippen molar-refractivity contribution >= 4 is 34.5 Å².